The Morgan fingerprint density at radius 3 is 2.19 bits per heavy atom. The maximum atomic E-state index is 13.7. The van der Waals surface area contributed by atoms with E-state index in [-0.39, 0.29) is 16.3 Å². The van der Waals surface area contributed by atoms with Crippen LogP contribution in [-0.2, 0) is 10.1 Å². The van der Waals surface area contributed by atoms with E-state index in [1.54, 1.807) is 0 Å². The molecule has 0 spiro atoms. The molecule has 0 saturated heterocycles. The van der Waals surface area contributed by atoms with Gasteiger partial charge in [0.05, 0.1) is 0 Å². The average Bonchev–Trinajstić information content (AvgIpc) is 2.35. The van der Waals surface area contributed by atoms with E-state index < -0.39 is 33.0 Å². The molecule has 114 valence electrons. The first-order valence-corrected chi connectivity index (χ1v) is 6.83. The second-order valence-electron chi connectivity index (χ2n) is 4.13. The van der Waals surface area contributed by atoms with E-state index in [9.17, 15) is 30.4 Å². The van der Waals surface area contributed by atoms with Crippen molar-refractivity contribution in [2.45, 2.75) is 12.4 Å². The first-order chi connectivity index (χ1) is 9.54. The number of alkyl halides is 3. The van der Waals surface area contributed by atoms with Gasteiger partial charge < -0.3 is 4.18 Å². The molecule has 0 saturated carbocycles. The predicted octanol–water partition coefficient (Wildman–Crippen LogP) is 3.65. The van der Waals surface area contributed by atoms with Crippen molar-refractivity contribution in [2.24, 2.45) is 0 Å². The van der Waals surface area contributed by atoms with Crippen LogP contribution in [-0.4, -0.2) is 13.9 Å². The summed E-state index contributed by atoms with van der Waals surface area (Å²) < 4.78 is 89.5. The highest BCUT2D eigenvalue weighted by atomic mass is 32.2. The van der Waals surface area contributed by atoms with Gasteiger partial charge in [-0.05, 0) is 24.4 Å². The quantitative estimate of drug-likeness (QED) is 0.481. The Morgan fingerprint density at radius 1 is 1.05 bits per heavy atom. The maximum absolute atomic E-state index is 13.7. The van der Waals surface area contributed by atoms with Crippen molar-refractivity contribution >= 4 is 20.9 Å². The molecule has 9 heteroatoms. The van der Waals surface area contributed by atoms with E-state index in [0.717, 1.165) is 25.1 Å². The zero-order valence-electron chi connectivity index (χ0n) is 10.3. The van der Waals surface area contributed by atoms with Crippen LogP contribution in [0.4, 0.5) is 22.0 Å². The van der Waals surface area contributed by atoms with Crippen LogP contribution in [0.15, 0.2) is 24.3 Å². The fourth-order valence-corrected chi connectivity index (χ4v) is 2.27. The fourth-order valence-electron chi connectivity index (χ4n) is 1.75. The number of fused-ring (bicyclic) bond motifs is 1. The van der Waals surface area contributed by atoms with Crippen molar-refractivity contribution in [3.63, 3.8) is 0 Å². The van der Waals surface area contributed by atoms with Crippen LogP contribution in [0.25, 0.3) is 10.8 Å². The van der Waals surface area contributed by atoms with Gasteiger partial charge in [-0.3, -0.25) is 0 Å². The number of rotatable bonds is 2. The summed E-state index contributed by atoms with van der Waals surface area (Å²) >= 11 is 0. The molecule has 0 bridgehead atoms. The molecule has 21 heavy (non-hydrogen) atoms. The maximum Gasteiger partial charge on any atom is 0.534 e. The number of hydrogen-bond acceptors (Lipinski definition) is 3. The molecule has 0 radical (unpaired) electrons. The third kappa shape index (κ3) is 2.65. The van der Waals surface area contributed by atoms with Crippen molar-refractivity contribution in [1.29, 1.82) is 0 Å². The van der Waals surface area contributed by atoms with Crippen molar-refractivity contribution in [3.05, 3.63) is 41.5 Å². The molecule has 0 unspecified atom stereocenters. The van der Waals surface area contributed by atoms with Crippen LogP contribution in [0, 0.1) is 18.6 Å². The van der Waals surface area contributed by atoms with Crippen LogP contribution in [0.5, 0.6) is 5.75 Å². The van der Waals surface area contributed by atoms with E-state index in [1.165, 1.54) is 6.07 Å². The van der Waals surface area contributed by atoms with Crippen LogP contribution in [0.3, 0.4) is 0 Å². The minimum Gasteiger partial charge on any atom is -0.376 e. The van der Waals surface area contributed by atoms with Gasteiger partial charge in [-0.15, -0.1) is 0 Å². The second-order valence-corrected chi connectivity index (χ2v) is 5.67. The fraction of sp³-hybridized carbons (Fsp3) is 0.167. The molecule has 0 heterocycles. The minimum atomic E-state index is -5.88. The zero-order chi connectivity index (χ0) is 16.0. The van der Waals surface area contributed by atoms with Crippen LogP contribution in [0.2, 0.25) is 0 Å². The van der Waals surface area contributed by atoms with Crippen molar-refractivity contribution in [3.8, 4) is 5.75 Å². The largest absolute Gasteiger partial charge is 0.534 e. The molecule has 0 aromatic heterocycles. The van der Waals surface area contributed by atoms with Gasteiger partial charge in [-0.25, -0.2) is 8.78 Å². The lowest BCUT2D eigenvalue weighted by molar-refractivity contribution is -0.0500. The summed E-state index contributed by atoms with van der Waals surface area (Å²) in [5, 5.41) is -0.145. The number of halogens is 5. The monoisotopic (exact) mass is 326 g/mol. The Morgan fingerprint density at radius 2 is 1.62 bits per heavy atom. The van der Waals surface area contributed by atoms with E-state index in [0.29, 0.717) is 0 Å². The highest BCUT2D eigenvalue weighted by Crippen LogP contribution is 2.33. The molecule has 0 aliphatic heterocycles. The molecule has 0 aliphatic rings. The Kier molecular flexibility index (Phi) is 3.56. The molecule has 3 nitrogen and oxygen atoms in total. The van der Waals surface area contributed by atoms with Gasteiger partial charge in [0.25, 0.3) is 0 Å². The predicted molar refractivity (Wildman–Crippen MR) is 64.2 cm³/mol. The lowest BCUT2D eigenvalue weighted by Gasteiger charge is -2.13. The summed E-state index contributed by atoms with van der Waals surface area (Å²) in [5.74, 6) is -3.22. The first kappa shape index (κ1) is 15.5. The minimum absolute atomic E-state index is 0.197. The molecule has 2 aromatic carbocycles. The lowest BCUT2D eigenvalue weighted by Crippen LogP contribution is -2.28. The molecule has 0 N–H and O–H groups in total. The molecule has 0 atom stereocenters. The number of aryl methyl sites for hydroxylation is 1. The summed E-state index contributed by atoms with van der Waals surface area (Å²) in [6, 6.07) is 4.14. The summed E-state index contributed by atoms with van der Waals surface area (Å²) in [7, 11) is -5.88. The van der Waals surface area contributed by atoms with Gasteiger partial charge in [0.1, 0.15) is 5.75 Å². The van der Waals surface area contributed by atoms with E-state index in [2.05, 4.69) is 4.18 Å². The SMILES string of the molecule is Cc1c(OS(=O)(=O)C(F)(F)F)ccc2ccc(F)c(F)c12. The van der Waals surface area contributed by atoms with Crippen molar-refractivity contribution in [1.82, 2.24) is 0 Å². The topological polar surface area (TPSA) is 43.4 Å². The summed E-state index contributed by atoms with van der Waals surface area (Å²) in [6.07, 6.45) is 0. The average molecular weight is 326 g/mol. The lowest BCUT2D eigenvalue weighted by atomic mass is 10.0. The van der Waals surface area contributed by atoms with Gasteiger partial charge in [0.2, 0.25) is 0 Å². The normalized spacial score (nSPS) is 12.7. The Labute approximate surface area is 116 Å². The third-order valence-corrected chi connectivity index (χ3v) is 3.73. The van der Waals surface area contributed by atoms with Gasteiger partial charge in [0.15, 0.2) is 11.6 Å². The second kappa shape index (κ2) is 4.83. The van der Waals surface area contributed by atoms with Crippen LogP contribution < -0.4 is 4.18 Å². The molecule has 2 rings (SSSR count). The van der Waals surface area contributed by atoms with Gasteiger partial charge in [0, 0.05) is 10.9 Å². The third-order valence-electron chi connectivity index (χ3n) is 2.77. The van der Waals surface area contributed by atoms with Gasteiger partial charge >= 0.3 is 15.6 Å². The number of benzene rings is 2. The first-order valence-electron chi connectivity index (χ1n) is 5.42. The standard InChI is InChI=1S/C12H7F5O3S/c1-6-9(20-21(18,19)12(15,16)17)5-3-7-2-4-8(13)11(14)10(6)7/h2-5H,1H3. The molecule has 0 aliphatic carbocycles. The molecule has 2 aromatic rings. The Hall–Kier alpha value is -1.90. The summed E-state index contributed by atoms with van der Waals surface area (Å²) in [5.41, 5.74) is -5.87. The van der Waals surface area contributed by atoms with E-state index in [4.69, 9.17) is 0 Å². The van der Waals surface area contributed by atoms with E-state index in [1.807, 2.05) is 0 Å². The Balaban J connectivity index is 2.63. The zero-order valence-corrected chi connectivity index (χ0v) is 11.1. The van der Waals surface area contributed by atoms with E-state index >= 15 is 0 Å². The summed E-state index contributed by atoms with van der Waals surface area (Å²) in [6.45, 7) is 1.13. The molecule has 0 amide bonds. The summed E-state index contributed by atoms with van der Waals surface area (Å²) in [4.78, 5) is 0. The van der Waals surface area contributed by atoms with Crippen LogP contribution >= 0.6 is 0 Å². The smallest absolute Gasteiger partial charge is 0.376 e. The molecule has 0 fully saturated rings. The highest BCUT2D eigenvalue weighted by Gasteiger charge is 2.48. The Bertz CT molecular complexity index is 812. The van der Waals surface area contributed by atoms with Crippen LogP contribution in [0.1, 0.15) is 5.56 Å². The van der Waals surface area contributed by atoms with Crippen molar-refractivity contribution < 1.29 is 34.6 Å². The van der Waals surface area contributed by atoms with Gasteiger partial charge in [-0.1, -0.05) is 12.1 Å². The molecular formula is C12H7F5O3S. The van der Waals surface area contributed by atoms with Crippen molar-refractivity contribution in [2.75, 3.05) is 0 Å². The van der Waals surface area contributed by atoms with Gasteiger partial charge in [-0.2, -0.15) is 21.6 Å². The highest BCUT2D eigenvalue weighted by molar-refractivity contribution is 7.88. The molecular weight excluding hydrogens is 319 g/mol. The number of hydrogen-bond donors (Lipinski definition) is 0.